The van der Waals surface area contributed by atoms with Crippen LogP contribution >= 0.6 is 12.2 Å². The Balaban J connectivity index is 1.98. The summed E-state index contributed by atoms with van der Waals surface area (Å²) >= 11 is 4.85. The zero-order chi connectivity index (χ0) is 14.4. The molecule has 2 rings (SSSR count). The van der Waals surface area contributed by atoms with Crippen molar-refractivity contribution in [1.29, 1.82) is 0 Å². The molecular weight excluding hydrogens is 272 g/mol. The molecule has 1 saturated carbocycles. The fourth-order valence-electron chi connectivity index (χ4n) is 2.47. The Bertz CT molecular complexity index is 458. The first-order valence-corrected chi connectivity index (χ1v) is 7.36. The number of carbonyl (C=O) groups is 1. The highest BCUT2D eigenvalue weighted by Gasteiger charge is 2.26. The smallest absolute Gasteiger partial charge is 0.329 e. The predicted molar refractivity (Wildman–Crippen MR) is 82.2 cm³/mol. The summed E-state index contributed by atoms with van der Waals surface area (Å²) in [4.78, 5) is 12.2. The van der Waals surface area contributed by atoms with Crippen molar-refractivity contribution < 1.29 is 9.53 Å². The van der Waals surface area contributed by atoms with E-state index in [0.29, 0.717) is 6.42 Å². The van der Waals surface area contributed by atoms with Crippen LogP contribution in [0.4, 0.5) is 0 Å². The average molecular weight is 292 g/mol. The fourth-order valence-corrected chi connectivity index (χ4v) is 2.61. The minimum atomic E-state index is -0.518. The van der Waals surface area contributed by atoms with E-state index in [1.165, 1.54) is 0 Å². The second-order valence-electron chi connectivity index (χ2n) is 5.09. The Hall–Kier alpha value is -1.62. The molecule has 0 aromatic heterocycles. The SMILES string of the molecule is NC(=S)N[C@@H](Cc1ccccc1)C(=O)OC1CCCC1. The molecule has 0 unspecified atom stereocenters. The van der Waals surface area contributed by atoms with Crippen molar-refractivity contribution in [2.75, 3.05) is 0 Å². The van der Waals surface area contributed by atoms with Crippen LogP contribution in [0.2, 0.25) is 0 Å². The van der Waals surface area contributed by atoms with Gasteiger partial charge in [-0.2, -0.15) is 0 Å². The first-order chi connectivity index (χ1) is 9.65. The van der Waals surface area contributed by atoms with Crippen LogP contribution in [0.25, 0.3) is 0 Å². The van der Waals surface area contributed by atoms with Gasteiger partial charge in [-0.25, -0.2) is 4.79 Å². The summed E-state index contributed by atoms with van der Waals surface area (Å²) in [5.74, 6) is -0.270. The number of nitrogens with one attached hydrogen (secondary N) is 1. The summed E-state index contributed by atoms with van der Waals surface area (Å²) in [7, 11) is 0. The molecule has 0 saturated heterocycles. The summed E-state index contributed by atoms with van der Waals surface area (Å²) in [5.41, 5.74) is 6.55. The van der Waals surface area contributed by atoms with E-state index in [1.54, 1.807) is 0 Å². The third-order valence-corrected chi connectivity index (χ3v) is 3.59. The molecular formula is C15H20N2O2S. The molecule has 1 aliphatic carbocycles. The molecule has 0 radical (unpaired) electrons. The van der Waals surface area contributed by atoms with Crippen LogP contribution in [0.3, 0.4) is 0 Å². The van der Waals surface area contributed by atoms with E-state index in [1.807, 2.05) is 30.3 Å². The van der Waals surface area contributed by atoms with E-state index in [4.69, 9.17) is 22.7 Å². The number of hydrogen-bond donors (Lipinski definition) is 2. The van der Waals surface area contributed by atoms with Crippen LogP contribution in [0.1, 0.15) is 31.2 Å². The lowest BCUT2D eigenvalue weighted by Gasteiger charge is -2.20. The molecule has 108 valence electrons. The van der Waals surface area contributed by atoms with E-state index >= 15 is 0 Å². The molecule has 5 heteroatoms. The molecule has 0 amide bonds. The Morgan fingerprint density at radius 2 is 2.00 bits per heavy atom. The van der Waals surface area contributed by atoms with Crippen molar-refractivity contribution in [2.45, 2.75) is 44.2 Å². The van der Waals surface area contributed by atoms with Crippen molar-refractivity contribution in [3.05, 3.63) is 35.9 Å². The third-order valence-electron chi connectivity index (χ3n) is 3.47. The van der Waals surface area contributed by atoms with Crippen LogP contribution in [0.15, 0.2) is 30.3 Å². The van der Waals surface area contributed by atoms with Crippen molar-refractivity contribution in [3.63, 3.8) is 0 Å². The zero-order valence-electron chi connectivity index (χ0n) is 11.4. The fraction of sp³-hybridized carbons (Fsp3) is 0.467. The number of esters is 1. The number of nitrogens with two attached hydrogens (primary N) is 1. The maximum atomic E-state index is 12.2. The van der Waals surface area contributed by atoms with E-state index < -0.39 is 6.04 Å². The van der Waals surface area contributed by atoms with Crippen LogP contribution in [-0.4, -0.2) is 23.2 Å². The molecule has 1 atom stereocenters. The lowest BCUT2D eigenvalue weighted by Crippen LogP contribution is -2.46. The molecule has 0 aliphatic heterocycles. The van der Waals surface area contributed by atoms with Crippen molar-refractivity contribution in [2.24, 2.45) is 5.73 Å². The monoisotopic (exact) mass is 292 g/mol. The van der Waals surface area contributed by atoms with Gasteiger partial charge in [-0.3, -0.25) is 0 Å². The van der Waals surface area contributed by atoms with Gasteiger partial charge in [0.25, 0.3) is 0 Å². The van der Waals surface area contributed by atoms with E-state index in [-0.39, 0.29) is 17.2 Å². The van der Waals surface area contributed by atoms with Crippen LogP contribution in [0, 0.1) is 0 Å². The van der Waals surface area contributed by atoms with Gasteiger partial charge in [-0.15, -0.1) is 0 Å². The van der Waals surface area contributed by atoms with Crippen molar-refractivity contribution in [3.8, 4) is 0 Å². The molecule has 4 nitrogen and oxygen atoms in total. The average Bonchev–Trinajstić information content (AvgIpc) is 2.91. The minimum absolute atomic E-state index is 0.0499. The van der Waals surface area contributed by atoms with Crippen molar-refractivity contribution in [1.82, 2.24) is 5.32 Å². The third kappa shape index (κ3) is 4.49. The van der Waals surface area contributed by atoms with Gasteiger partial charge in [0.15, 0.2) is 5.11 Å². The zero-order valence-corrected chi connectivity index (χ0v) is 12.2. The first kappa shape index (κ1) is 14.8. The Morgan fingerprint density at radius 3 is 2.60 bits per heavy atom. The summed E-state index contributed by atoms with van der Waals surface area (Å²) in [6.45, 7) is 0. The summed E-state index contributed by atoms with van der Waals surface area (Å²) in [6.07, 6.45) is 4.74. The normalized spacial score (nSPS) is 16.6. The topological polar surface area (TPSA) is 64.3 Å². The maximum absolute atomic E-state index is 12.2. The Morgan fingerprint density at radius 1 is 1.35 bits per heavy atom. The summed E-state index contributed by atoms with van der Waals surface area (Å²) in [5, 5.41) is 2.96. The number of benzene rings is 1. The van der Waals surface area contributed by atoms with Gasteiger partial charge in [0, 0.05) is 6.42 Å². The van der Waals surface area contributed by atoms with Gasteiger partial charge in [0.1, 0.15) is 12.1 Å². The molecule has 20 heavy (non-hydrogen) atoms. The standard InChI is InChI=1S/C15H20N2O2S/c16-15(20)17-13(10-11-6-2-1-3-7-11)14(18)19-12-8-4-5-9-12/h1-3,6-7,12-13H,4-5,8-10H2,(H3,16,17,20)/t13-/m0/s1. The van der Waals surface area contributed by atoms with E-state index in [2.05, 4.69) is 5.32 Å². The quantitative estimate of drug-likeness (QED) is 0.641. The molecule has 1 aromatic rings. The minimum Gasteiger partial charge on any atom is -0.461 e. The highest BCUT2D eigenvalue weighted by Crippen LogP contribution is 2.21. The lowest BCUT2D eigenvalue weighted by molar-refractivity contribution is -0.150. The number of hydrogen-bond acceptors (Lipinski definition) is 3. The van der Waals surface area contributed by atoms with Crippen molar-refractivity contribution >= 4 is 23.3 Å². The molecule has 0 heterocycles. The van der Waals surface area contributed by atoms with E-state index in [9.17, 15) is 4.79 Å². The second kappa shape index (κ2) is 7.24. The molecule has 1 fully saturated rings. The van der Waals surface area contributed by atoms with Gasteiger partial charge in [0.05, 0.1) is 0 Å². The molecule has 1 aromatic carbocycles. The van der Waals surface area contributed by atoms with Gasteiger partial charge in [-0.05, 0) is 43.5 Å². The van der Waals surface area contributed by atoms with Gasteiger partial charge < -0.3 is 15.8 Å². The highest BCUT2D eigenvalue weighted by atomic mass is 32.1. The predicted octanol–water partition coefficient (Wildman–Crippen LogP) is 1.92. The van der Waals surface area contributed by atoms with Crippen LogP contribution in [0.5, 0.6) is 0 Å². The second-order valence-corrected chi connectivity index (χ2v) is 5.53. The Kier molecular flexibility index (Phi) is 5.35. The number of carbonyl (C=O) groups excluding carboxylic acids is 1. The van der Waals surface area contributed by atoms with Gasteiger partial charge in [0.2, 0.25) is 0 Å². The largest absolute Gasteiger partial charge is 0.461 e. The number of ether oxygens (including phenoxy) is 1. The van der Waals surface area contributed by atoms with Gasteiger partial charge in [-0.1, -0.05) is 30.3 Å². The van der Waals surface area contributed by atoms with Crippen LogP contribution in [-0.2, 0) is 16.0 Å². The maximum Gasteiger partial charge on any atom is 0.329 e. The van der Waals surface area contributed by atoms with E-state index in [0.717, 1.165) is 31.2 Å². The van der Waals surface area contributed by atoms with Crippen LogP contribution < -0.4 is 11.1 Å². The summed E-state index contributed by atoms with van der Waals surface area (Å²) < 4.78 is 5.53. The molecule has 0 bridgehead atoms. The Labute approximate surface area is 124 Å². The molecule has 3 N–H and O–H groups in total. The number of rotatable bonds is 5. The molecule has 1 aliphatic rings. The first-order valence-electron chi connectivity index (χ1n) is 6.95. The number of thiocarbonyl (C=S) groups is 1. The van der Waals surface area contributed by atoms with Gasteiger partial charge >= 0.3 is 5.97 Å². The lowest BCUT2D eigenvalue weighted by atomic mass is 10.1. The highest BCUT2D eigenvalue weighted by molar-refractivity contribution is 7.80. The summed E-state index contributed by atoms with van der Waals surface area (Å²) in [6, 6.07) is 9.24. The molecule has 0 spiro atoms.